The number of amides is 1. The van der Waals surface area contributed by atoms with Crippen LogP contribution in [0, 0.1) is 0 Å². The quantitative estimate of drug-likeness (QED) is 0.662. The van der Waals surface area contributed by atoms with Gasteiger partial charge in [0.2, 0.25) is 5.91 Å². The third kappa shape index (κ3) is 3.44. The van der Waals surface area contributed by atoms with Crippen molar-refractivity contribution < 1.29 is 9.21 Å². The molecule has 0 unspecified atom stereocenters. The van der Waals surface area contributed by atoms with Crippen molar-refractivity contribution in [3.05, 3.63) is 63.2 Å². The van der Waals surface area contributed by atoms with Crippen molar-refractivity contribution in [3.8, 4) is 0 Å². The average molecular weight is 356 g/mol. The summed E-state index contributed by atoms with van der Waals surface area (Å²) in [6.45, 7) is 3.69. The topological polar surface area (TPSA) is 99.1 Å². The van der Waals surface area contributed by atoms with Gasteiger partial charge in [0, 0.05) is 25.2 Å². The van der Waals surface area contributed by atoms with E-state index >= 15 is 0 Å². The van der Waals surface area contributed by atoms with Gasteiger partial charge in [0.1, 0.15) is 12.3 Å². The molecule has 0 saturated heterocycles. The van der Waals surface area contributed by atoms with Crippen LogP contribution < -0.4 is 16.4 Å². The van der Waals surface area contributed by atoms with Gasteiger partial charge in [-0.25, -0.2) is 4.98 Å². The second-order valence-corrected chi connectivity index (χ2v) is 6.04. The minimum absolute atomic E-state index is 0.176. The normalized spacial score (nSPS) is 12.2. The number of carbonyl (C=O) groups excluding carboxylic acids is 1. The molecule has 0 aliphatic rings. The lowest BCUT2D eigenvalue weighted by atomic mass is 10.2. The SMILES string of the molecule is CCn1c(=O)c(=O)n(CC(=O)N[C@H](C)Cc2ccco2)c2cccnc21. The number of nitrogens with one attached hydrogen (secondary N) is 1. The molecule has 1 atom stereocenters. The van der Waals surface area contributed by atoms with Gasteiger partial charge in [-0.15, -0.1) is 0 Å². The van der Waals surface area contributed by atoms with Crippen LogP contribution in [0.3, 0.4) is 0 Å². The summed E-state index contributed by atoms with van der Waals surface area (Å²) in [6, 6.07) is 6.78. The minimum atomic E-state index is -0.735. The molecule has 1 amide bonds. The molecule has 0 radical (unpaired) electrons. The molecule has 0 spiro atoms. The van der Waals surface area contributed by atoms with Crippen LogP contribution in [-0.2, 0) is 24.3 Å². The highest BCUT2D eigenvalue weighted by Gasteiger charge is 2.16. The van der Waals surface area contributed by atoms with E-state index in [4.69, 9.17) is 4.42 Å². The Hall–Kier alpha value is -3.16. The molecule has 0 bridgehead atoms. The molecule has 8 nitrogen and oxygen atoms in total. The summed E-state index contributed by atoms with van der Waals surface area (Å²) < 4.78 is 7.75. The number of furan rings is 1. The van der Waals surface area contributed by atoms with E-state index in [1.807, 2.05) is 13.0 Å². The smallest absolute Gasteiger partial charge is 0.318 e. The summed E-state index contributed by atoms with van der Waals surface area (Å²) in [5, 5.41) is 2.82. The summed E-state index contributed by atoms with van der Waals surface area (Å²) >= 11 is 0. The first-order valence-corrected chi connectivity index (χ1v) is 8.41. The molecule has 1 N–H and O–H groups in total. The van der Waals surface area contributed by atoms with Gasteiger partial charge in [-0.05, 0) is 38.1 Å². The molecule has 26 heavy (non-hydrogen) atoms. The minimum Gasteiger partial charge on any atom is -0.469 e. The van der Waals surface area contributed by atoms with Crippen molar-refractivity contribution in [1.29, 1.82) is 0 Å². The van der Waals surface area contributed by atoms with Gasteiger partial charge in [-0.3, -0.25) is 23.5 Å². The number of hydrogen-bond acceptors (Lipinski definition) is 5. The van der Waals surface area contributed by atoms with E-state index in [0.717, 1.165) is 5.76 Å². The van der Waals surface area contributed by atoms with Gasteiger partial charge >= 0.3 is 11.1 Å². The predicted molar refractivity (Wildman–Crippen MR) is 96.0 cm³/mol. The monoisotopic (exact) mass is 356 g/mol. The number of hydrogen-bond donors (Lipinski definition) is 1. The van der Waals surface area contributed by atoms with Crippen LogP contribution in [0.4, 0.5) is 0 Å². The first kappa shape index (κ1) is 17.7. The molecule has 8 heteroatoms. The Morgan fingerprint density at radius 1 is 1.23 bits per heavy atom. The van der Waals surface area contributed by atoms with Crippen molar-refractivity contribution >= 4 is 17.1 Å². The van der Waals surface area contributed by atoms with Crippen LogP contribution in [0.25, 0.3) is 11.2 Å². The third-order valence-corrected chi connectivity index (χ3v) is 4.10. The summed E-state index contributed by atoms with van der Waals surface area (Å²) in [4.78, 5) is 41.3. The first-order chi connectivity index (χ1) is 12.5. The fraction of sp³-hybridized carbons (Fsp3) is 0.333. The van der Waals surface area contributed by atoms with Crippen molar-refractivity contribution in [3.63, 3.8) is 0 Å². The fourth-order valence-electron chi connectivity index (χ4n) is 2.94. The highest BCUT2D eigenvalue weighted by atomic mass is 16.3. The number of fused-ring (bicyclic) bond motifs is 1. The number of rotatable bonds is 6. The van der Waals surface area contributed by atoms with Crippen LogP contribution in [0.1, 0.15) is 19.6 Å². The Kier molecular flexibility index (Phi) is 5.01. The summed E-state index contributed by atoms with van der Waals surface area (Å²) in [6.07, 6.45) is 3.66. The van der Waals surface area contributed by atoms with Crippen LogP contribution in [0.2, 0.25) is 0 Å². The van der Waals surface area contributed by atoms with Gasteiger partial charge in [0.25, 0.3) is 0 Å². The van der Waals surface area contributed by atoms with Gasteiger partial charge in [-0.1, -0.05) is 0 Å². The Morgan fingerprint density at radius 2 is 2.00 bits per heavy atom. The zero-order valence-corrected chi connectivity index (χ0v) is 14.6. The Balaban J connectivity index is 1.86. The molecule has 3 rings (SSSR count). The molecule has 3 aromatic heterocycles. The van der Waals surface area contributed by atoms with Gasteiger partial charge < -0.3 is 9.73 Å². The Morgan fingerprint density at radius 3 is 2.69 bits per heavy atom. The summed E-state index contributed by atoms with van der Waals surface area (Å²) in [5.74, 6) is 0.403. The molecule has 0 saturated carbocycles. The molecule has 3 heterocycles. The number of nitrogens with zero attached hydrogens (tertiary/aromatic N) is 3. The van der Waals surface area contributed by atoms with Crippen molar-refractivity contribution in [2.24, 2.45) is 0 Å². The Bertz CT molecular complexity index is 1030. The zero-order valence-electron chi connectivity index (χ0n) is 14.6. The van der Waals surface area contributed by atoms with Crippen LogP contribution >= 0.6 is 0 Å². The van der Waals surface area contributed by atoms with Crippen molar-refractivity contribution in [2.75, 3.05) is 0 Å². The van der Waals surface area contributed by atoms with Crippen LogP contribution in [0.15, 0.2) is 50.7 Å². The maximum atomic E-state index is 12.4. The second-order valence-electron chi connectivity index (χ2n) is 6.04. The summed E-state index contributed by atoms with van der Waals surface area (Å²) in [7, 11) is 0. The highest BCUT2D eigenvalue weighted by Crippen LogP contribution is 2.08. The second kappa shape index (κ2) is 7.38. The molecule has 0 aromatic carbocycles. The zero-order chi connectivity index (χ0) is 18.7. The molecule has 0 aliphatic carbocycles. The van der Waals surface area contributed by atoms with E-state index in [9.17, 15) is 14.4 Å². The first-order valence-electron chi connectivity index (χ1n) is 8.41. The molecule has 0 fully saturated rings. The van der Waals surface area contributed by atoms with E-state index in [0.29, 0.717) is 24.1 Å². The lowest BCUT2D eigenvalue weighted by molar-refractivity contribution is -0.122. The molecular weight excluding hydrogens is 336 g/mol. The lowest BCUT2D eigenvalue weighted by Gasteiger charge is -2.15. The number of aryl methyl sites for hydroxylation is 1. The fourth-order valence-corrected chi connectivity index (χ4v) is 2.94. The van der Waals surface area contributed by atoms with Crippen molar-refractivity contribution in [2.45, 2.75) is 39.4 Å². The molecule has 0 aliphatic heterocycles. The Labute approximate surface area is 149 Å². The highest BCUT2D eigenvalue weighted by molar-refractivity contribution is 5.79. The summed E-state index contributed by atoms with van der Waals surface area (Å²) in [5.41, 5.74) is -0.583. The maximum Gasteiger partial charge on any atom is 0.318 e. The number of pyridine rings is 1. The van der Waals surface area contributed by atoms with E-state index in [1.165, 1.54) is 9.13 Å². The van der Waals surface area contributed by atoms with Crippen LogP contribution in [0.5, 0.6) is 0 Å². The van der Waals surface area contributed by atoms with E-state index in [1.54, 1.807) is 37.6 Å². The van der Waals surface area contributed by atoms with E-state index < -0.39 is 11.1 Å². The lowest BCUT2D eigenvalue weighted by Crippen LogP contribution is -2.45. The predicted octanol–water partition coefficient (Wildman–Crippen LogP) is 0.919. The number of carbonyl (C=O) groups is 1. The maximum absolute atomic E-state index is 12.4. The standard InChI is InChI=1S/C18H20N4O4/c1-3-21-16-14(7-4-8-19-16)22(18(25)17(21)24)11-15(23)20-12(2)10-13-6-5-9-26-13/h4-9,12H,3,10-11H2,1-2H3,(H,20,23)/t12-/m1/s1. The van der Waals surface area contributed by atoms with E-state index in [-0.39, 0.29) is 18.5 Å². The van der Waals surface area contributed by atoms with Crippen LogP contribution in [-0.4, -0.2) is 26.1 Å². The van der Waals surface area contributed by atoms with E-state index in [2.05, 4.69) is 10.3 Å². The van der Waals surface area contributed by atoms with Gasteiger partial charge in [0.05, 0.1) is 11.8 Å². The third-order valence-electron chi connectivity index (χ3n) is 4.10. The average Bonchev–Trinajstić information content (AvgIpc) is 3.12. The molecule has 136 valence electrons. The van der Waals surface area contributed by atoms with Crippen molar-refractivity contribution in [1.82, 2.24) is 19.4 Å². The molecular formula is C18H20N4O4. The number of aromatic nitrogens is 3. The largest absolute Gasteiger partial charge is 0.469 e. The molecule has 3 aromatic rings. The van der Waals surface area contributed by atoms with Gasteiger partial charge in [0.15, 0.2) is 5.65 Å². The van der Waals surface area contributed by atoms with Gasteiger partial charge in [-0.2, -0.15) is 0 Å².